The fourth-order valence-corrected chi connectivity index (χ4v) is 5.55. The van der Waals surface area contributed by atoms with Gasteiger partial charge in [0.25, 0.3) is 0 Å². The number of carbonyl (C=O) groups excluding carboxylic acids is 1. The fourth-order valence-electron chi connectivity index (χ4n) is 5.55. The van der Waals surface area contributed by atoms with Crippen LogP contribution in [0.2, 0.25) is 0 Å². The van der Waals surface area contributed by atoms with Gasteiger partial charge in [0, 0.05) is 38.3 Å². The van der Waals surface area contributed by atoms with E-state index in [1.165, 1.54) is 12.8 Å². The lowest BCUT2D eigenvalue weighted by Crippen LogP contribution is -2.55. The second kappa shape index (κ2) is 16.5. The minimum absolute atomic E-state index is 0. The van der Waals surface area contributed by atoms with E-state index in [-0.39, 0.29) is 61.3 Å². The van der Waals surface area contributed by atoms with Crippen LogP contribution in [0.5, 0.6) is 0 Å². The number of guanidine groups is 1. The highest BCUT2D eigenvalue weighted by Crippen LogP contribution is 2.24. The molecule has 0 spiro atoms. The first-order valence-electron chi connectivity index (χ1n) is 12.9. The van der Waals surface area contributed by atoms with Crippen molar-refractivity contribution in [3.63, 3.8) is 0 Å². The molecular formula is C24H45Cl2N5O4. The van der Waals surface area contributed by atoms with E-state index in [9.17, 15) is 14.7 Å². The Morgan fingerprint density at radius 1 is 0.971 bits per heavy atom. The number of rotatable bonds is 9. The number of likely N-dealkylation sites (tertiary alicyclic amines) is 2. The van der Waals surface area contributed by atoms with Crippen LogP contribution in [0.1, 0.15) is 83.5 Å². The number of halogens is 2. The van der Waals surface area contributed by atoms with Crippen LogP contribution in [-0.4, -0.2) is 83.2 Å². The quantitative estimate of drug-likeness (QED) is 0.202. The third-order valence-corrected chi connectivity index (χ3v) is 7.47. The summed E-state index contributed by atoms with van der Waals surface area (Å²) < 4.78 is 6.12. The lowest BCUT2D eigenvalue weighted by molar-refractivity contribution is -0.145. The molecule has 2 saturated heterocycles. The van der Waals surface area contributed by atoms with Crippen LogP contribution in [-0.2, 0) is 14.3 Å². The van der Waals surface area contributed by atoms with E-state index in [2.05, 4.69) is 5.32 Å². The molecule has 0 aromatic carbocycles. The highest BCUT2D eigenvalue weighted by atomic mass is 35.5. The number of aliphatic carboxylic acids is 1. The van der Waals surface area contributed by atoms with Crippen molar-refractivity contribution < 1.29 is 19.4 Å². The molecule has 2 aliphatic heterocycles. The molecule has 0 aromatic rings. The van der Waals surface area contributed by atoms with Gasteiger partial charge in [-0.05, 0) is 51.4 Å². The molecule has 1 aliphatic carbocycles. The zero-order chi connectivity index (χ0) is 23.6. The number of piperidine rings is 2. The third kappa shape index (κ3) is 10.3. The SMILES string of the molecule is Cl.Cl.N=C(N)N1CCC(OCCC2CCCCN2C(=O)[C@H](CC(=O)O)NC2CCCCCC2)CC1. The highest BCUT2D eigenvalue weighted by Gasteiger charge is 2.34. The van der Waals surface area contributed by atoms with Crippen molar-refractivity contribution in [2.24, 2.45) is 5.73 Å². The molecule has 11 heteroatoms. The molecule has 9 nitrogen and oxygen atoms in total. The summed E-state index contributed by atoms with van der Waals surface area (Å²) in [7, 11) is 0. The van der Waals surface area contributed by atoms with Crippen LogP contribution < -0.4 is 11.1 Å². The summed E-state index contributed by atoms with van der Waals surface area (Å²) >= 11 is 0. The van der Waals surface area contributed by atoms with E-state index in [0.717, 1.165) is 77.3 Å². The molecule has 5 N–H and O–H groups in total. The van der Waals surface area contributed by atoms with Gasteiger partial charge in [0.15, 0.2) is 5.96 Å². The van der Waals surface area contributed by atoms with E-state index in [1.807, 2.05) is 9.80 Å². The van der Waals surface area contributed by atoms with E-state index >= 15 is 0 Å². The van der Waals surface area contributed by atoms with Gasteiger partial charge in [0.1, 0.15) is 0 Å². The van der Waals surface area contributed by atoms with E-state index in [1.54, 1.807) is 0 Å². The molecule has 1 unspecified atom stereocenters. The smallest absolute Gasteiger partial charge is 0.305 e. The summed E-state index contributed by atoms with van der Waals surface area (Å²) in [5.41, 5.74) is 5.56. The number of hydrogen-bond acceptors (Lipinski definition) is 5. The third-order valence-electron chi connectivity index (χ3n) is 7.47. The number of carboxylic acids is 1. The zero-order valence-electron chi connectivity index (χ0n) is 20.8. The Hall–Kier alpha value is -1.29. The summed E-state index contributed by atoms with van der Waals surface area (Å²) in [6.07, 6.45) is 12.3. The van der Waals surface area contributed by atoms with Crippen molar-refractivity contribution in [3.8, 4) is 0 Å². The summed E-state index contributed by atoms with van der Waals surface area (Å²) in [5, 5.41) is 20.4. The van der Waals surface area contributed by atoms with Crippen molar-refractivity contribution in [1.82, 2.24) is 15.1 Å². The Labute approximate surface area is 222 Å². The van der Waals surface area contributed by atoms with Crippen LogP contribution in [0.25, 0.3) is 0 Å². The average Bonchev–Trinajstić information content (AvgIpc) is 3.07. The van der Waals surface area contributed by atoms with E-state index < -0.39 is 12.0 Å². The van der Waals surface area contributed by atoms with E-state index in [0.29, 0.717) is 13.2 Å². The number of nitrogens with zero attached hydrogens (tertiary/aromatic N) is 2. The predicted octanol–water partition coefficient (Wildman–Crippen LogP) is 3.13. The summed E-state index contributed by atoms with van der Waals surface area (Å²) in [6.45, 7) is 2.79. The maximum Gasteiger partial charge on any atom is 0.305 e. The Balaban J connectivity index is 0.00000306. The number of carbonyl (C=O) groups is 2. The maximum absolute atomic E-state index is 13.5. The molecule has 1 saturated carbocycles. The molecule has 0 aromatic heterocycles. The van der Waals surface area contributed by atoms with Crippen LogP contribution in [0, 0.1) is 5.41 Å². The van der Waals surface area contributed by atoms with Gasteiger partial charge in [-0.15, -0.1) is 24.8 Å². The van der Waals surface area contributed by atoms with Gasteiger partial charge in [0.05, 0.1) is 18.6 Å². The van der Waals surface area contributed by atoms with E-state index in [4.69, 9.17) is 15.9 Å². The Morgan fingerprint density at radius 3 is 2.20 bits per heavy atom. The molecule has 204 valence electrons. The first kappa shape index (κ1) is 31.7. The van der Waals surface area contributed by atoms with Crippen LogP contribution in [0.3, 0.4) is 0 Å². The van der Waals surface area contributed by atoms with Gasteiger partial charge in [0.2, 0.25) is 5.91 Å². The maximum atomic E-state index is 13.5. The van der Waals surface area contributed by atoms with Gasteiger partial charge in [-0.2, -0.15) is 0 Å². The van der Waals surface area contributed by atoms with Gasteiger partial charge in [-0.25, -0.2) is 0 Å². The number of hydrogen-bond donors (Lipinski definition) is 4. The molecular weight excluding hydrogens is 493 g/mol. The normalized spacial score (nSPS) is 22.9. The molecule has 0 bridgehead atoms. The second-order valence-corrected chi connectivity index (χ2v) is 9.92. The number of nitrogens with one attached hydrogen (secondary N) is 2. The minimum atomic E-state index is -0.928. The number of nitrogens with two attached hydrogens (primary N) is 1. The first-order chi connectivity index (χ1) is 15.9. The molecule has 3 rings (SSSR count). The predicted molar refractivity (Wildman–Crippen MR) is 142 cm³/mol. The fraction of sp³-hybridized carbons (Fsp3) is 0.875. The number of amides is 1. The molecule has 35 heavy (non-hydrogen) atoms. The van der Waals surface area contributed by atoms with Crippen LogP contribution in [0.4, 0.5) is 0 Å². The Morgan fingerprint density at radius 2 is 1.60 bits per heavy atom. The molecule has 3 aliphatic rings. The average molecular weight is 539 g/mol. The lowest BCUT2D eigenvalue weighted by Gasteiger charge is -2.39. The molecule has 0 radical (unpaired) electrons. The van der Waals surface area contributed by atoms with Crippen molar-refractivity contribution in [1.29, 1.82) is 5.41 Å². The molecule has 2 heterocycles. The summed E-state index contributed by atoms with van der Waals surface area (Å²) in [5.74, 6) is -0.859. The van der Waals surface area contributed by atoms with Crippen molar-refractivity contribution >= 4 is 42.7 Å². The molecule has 2 atom stereocenters. The standard InChI is InChI=1S/C24H43N5O4.2ClH/c25-24(26)28-14-10-20(11-15-28)33-16-12-19-9-5-6-13-29(19)23(32)21(17-22(30)31)27-18-7-3-1-2-4-8-18;;/h18-21,27H,1-17H2,(H3,25,26)(H,30,31);2*1H/t19?,21-;;/m0../s1. The minimum Gasteiger partial charge on any atom is -0.481 e. The van der Waals surface area contributed by atoms with Gasteiger partial charge in [-0.1, -0.05) is 25.7 Å². The Bertz CT molecular complexity index is 656. The van der Waals surface area contributed by atoms with Gasteiger partial charge in [-0.3, -0.25) is 15.0 Å². The molecule has 3 fully saturated rings. The van der Waals surface area contributed by atoms with Crippen molar-refractivity contribution in [2.75, 3.05) is 26.2 Å². The van der Waals surface area contributed by atoms with Gasteiger partial charge < -0.3 is 30.7 Å². The highest BCUT2D eigenvalue weighted by molar-refractivity contribution is 5.86. The number of carboxylic acid groups (broad SMARTS) is 1. The van der Waals surface area contributed by atoms with Gasteiger partial charge >= 0.3 is 5.97 Å². The van der Waals surface area contributed by atoms with Crippen LogP contribution in [0.15, 0.2) is 0 Å². The van der Waals surface area contributed by atoms with Crippen molar-refractivity contribution in [2.45, 2.75) is 108 Å². The second-order valence-electron chi connectivity index (χ2n) is 9.92. The van der Waals surface area contributed by atoms with Crippen LogP contribution >= 0.6 is 24.8 Å². The molecule has 1 amide bonds. The Kier molecular flexibility index (Phi) is 14.9. The zero-order valence-corrected chi connectivity index (χ0v) is 22.4. The monoisotopic (exact) mass is 537 g/mol. The topological polar surface area (TPSA) is 132 Å². The number of ether oxygens (including phenoxy) is 1. The summed E-state index contributed by atoms with van der Waals surface area (Å²) in [6, 6.07) is -0.313. The largest absolute Gasteiger partial charge is 0.481 e. The first-order valence-corrected chi connectivity index (χ1v) is 12.9. The summed E-state index contributed by atoms with van der Waals surface area (Å²) in [4.78, 5) is 28.8. The lowest BCUT2D eigenvalue weighted by atomic mass is 9.97. The van der Waals surface area contributed by atoms with Crippen molar-refractivity contribution in [3.05, 3.63) is 0 Å².